The highest BCUT2D eigenvalue weighted by atomic mass is 19.1. The molecule has 0 saturated carbocycles. The largest absolute Gasteiger partial charge is 0.458 e. The van der Waals surface area contributed by atoms with Crippen LogP contribution in [0.1, 0.15) is 17.4 Å². The van der Waals surface area contributed by atoms with Crippen molar-refractivity contribution in [3.8, 4) is 0 Å². The third-order valence-electron chi connectivity index (χ3n) is 4.07. The van der Waals surface area contributed by atoms with Crippen LogP contribution in [0.25, 0.3) is 11.0 Å². The molecule has 3 rings (SSSR count). The molecule has 7 heteroatoms. The SMILES string of the molecule is CO[C@H](CNC(=O)C(=O)NCc1ccc(F)cc1)c1cc2ccccc2o1. The van der Waals surface area contributed by atoms with Crippen LogP contribution in [-0.2, 0) is 20.9 Å². The van der Waals surface area contributed by atoms with E-state index in [-0.39, 0.29) is 18.9 Å². The van der Waals surface area contributed by atoms with Gasteiger partial charge in [-0.25, -0.2) is 4.39 Å². The van der Waals surface area contributed by atoms with Crippen molar-refractivity contribution in [1.82, 2.24) is 10.6 Å². The predicted molar refractivity (Wildman–Crippen MR) is 97.2 cm³/mol. The Balaban J connectivity index is 1.53. The molecule has 140 valence electrons. The number of carbonyl (C=O) groups excluding carboxylic acids is 2. The zero-order valence-electron chi connectivity index (χ0n) is 14.7. The fourth-order valence-corrected chi connectivity index (χ4v) is 2.59. The molecule has 0 aliphatic heterocycles. The molecule has 0 aliphatic carbocycles. The number of amides is 2. The summed E-state index contributed by atoms with van der Waals surface area (Å²) >= 11 is 0. The Bertz CT molecular complexity index is 904. The minimum Gasteiger partial charge on any atom is -0.458 e. The van der Waals surface area contributed by atoms with Crippen molar-refractivity contribution in [3.05, 3.63) is 71.7 Å². The standard InChI is InChI=1S/C20H19FN2O4/c1-26-18(17-10-14-4-2-3-5-16(14)27-17)12-23-20(25)19(24)22-11-13-6-8-15(21)9-7-13/h2-10,18H,11-12H2,1H3,(H,22,24)(H,23,25)/t18-/m1/s1. The first-order valence-electron chi connectivity index (χ1n) is 8.38. The average molecular weight is 370 g/mol. The number of nitrogens with one attached hydrogen (secondary N) is 2. The number of carbonyl (C=O) groups is 2. The van der Waals surface area contributed by atoms with Crippen molar-refractivity contribution in [1.29, 1.82) is 0 Å². The van der Waals surface area contributed by atoms with Gasteiger partial charge in [-0.15, -0.1) is 0 Å². The Hall–Kier alpha value is -3.19. The van der Waals surface area contributed by atoms with E-state index in [1.54, 1.807) is 0 Å². The number of ether oxygens (including phenoxy) is 1. The lowest BCUT2D eigenvalue weighted by Crippen LogP contribution is -2.41. The summed E-state index contributed by atoms with van der Waals surface area (Å²) in [5, 5.41) is 5.94. The van der Waals surface area contributed by atoms with Gasteiger partial charge in [-0.2, -0.15) is 0 Å². The Kier molecular flexibility index (Phi) is 5.83. The predicted octanol–water partition coefficient (Wildman–Crippen LogP) is 2.69. The van der Waals surface area contributed by atoms with E-state index in [0.29, 0.717) is 11.3 Å². The molecule has 0 spiro atoms. The third-order valence-corrected chi connectivity index (χ3v) is 4.07. The highest BCUT2D eigenvalue weighted by Crippen LogP contribution is 2.25. The number of rotatable bonds is 6. The normalized spacial score (nSPS) is 11.9. The molecule has 0 aliphatic rings. The molecular weight excluding hydrogens is 351 g/mol. The van der Waals surface area contributed by atoms with Crippen LogP contribution in [0, 0.1) is 5.82 Å². The van der Waals surface area contributed by atoms with Crippen LogP contribution >= 0.6 is 0 Å². The molecule has 0 radical (unpaired) electrons. The van der Waals surface area contributed by atoms with Gasteiger partial charge in [-0.1, -0.05) is 30.3 Å². The third kappa shape index (κ3) is 4.71. The van der Waals surface area contributed by atoms with E-state index < -0.39 is 17.9 Å². The molecule has 0 unspecified atom stereocenters. The number of para-hydroxylation sites is 1. The second-order valence-corrected chi connectivity index (χ2v) is 5.93. The van der Waals surface area contributed by atoms with Gasteiger partial charge in [0.1, 0.15) is 23.3 Å². The van der Waals surface area contributed by atoms with Crippen molar-refractivity contribution in [2.24, 2.45) is 0 Å². The van der Waals surface area contributed by atoms with Crippen LogP contribution in [0.2, 0.25) is 0 Å². The number of furan rings is 1. The van der Waals surface area contributed by atoms with Crippen molar-refractivity contribution in [2.75, 3.05) is 13.7 Å². The second-order valence-electron chi connectivity index (χ2n) is 5.93. The average Bonchev–Trinajstić information content (AvgIpc) is 3.11. The number of benzene rings is 2. The topological polar surface area (TPSA) is 80.6 Å². The van der Waals surface area contributed by atoms with E-state index in [1.165, 1.54) is 31.4 Å². The molecule has 27 heavy (non-hydrogen) atoms. The first kappa shape index (κ1) is 18.6. The van der Waals surface area contributed by atoms with Crippen LogP contribution in [0.15, 0.2) is 59.0 Å². The van der Waals surface area contributed by atoms with Crippen LogP contribution in [0.3, 0.4) is 0 Å². The fraction of sp³-hybridized carbons (Fsp3) is 0.200. The van der Waals surface area contributed by atoms with Gasteiger partial charge in [0.2, 0.25) is 0 Å². The summed E-state index contributed by atoms with van der Waals surface area (Å²) in [4.78, 5) is 23.9. The summed E-state index contributed by atoms with van der Waals surface area (Å²) in [5.41, 5.74) is 1.41. The molecule has 1 heterocycles. The Morgan fingerprint density at radius 2 is 1.78 bits per heavy atom. The molecule has 1 atom stereocenters. The Labute approximate surface area is 155 Å². The number of hydrogen-bond acceptors (Lipinski definition) is 4. The lowest BCUT2D eigenvalue weighted by molar-refractivity contribution is -0.139. The quantitative estimate of drug-likeness (QED) is 0.654. The van der Waals surface area contributed by atoms with Crippen molar-refractivity contribution in [2.45, 2.75) is 12.6 Å². The molecule has 1 aromatic heterocycles. The smallest absolute Gasteiger partial charge is 0.309 e. The molecule has 2 N–H and O–H groups in total. The van der Waals surface area contributed by atoms with Gasteiger partial charge in [0, 0.05) is 19.0 Å². The molecule has 0 bridgehead atoms. The van der Waals surface area contributed by atoms with Gasteiger partial charge in [0.25, 0.3) is 0 Å². The highest BCUT2D eigenvalue weighted by molar-refractivity contribution is 6.35. The van der Waals surface area contributed by atoms with Gasteiger partial charge in [0.05, 0.1) is 6.54 Å². The molecule has 0 fully saturated rings. The Morgan fingerprint density at radius 3 is 2.48 bits per heavy atom. The van der Waals surface area contributed by atoms with Crippen LogP contribution < -0.4 is 10.6 Å². The number of methoxy groups -OCH3 is 1. The first-order chi connectivity index (χ1) is 13.1. The van der Waals surface area contributed by atoms with Crippen LogP contribution in [0.4, 0.5) is 4.39 Å². The lowest BCUT2D eigenvalue weighted by Gasteiger charge is -2.13. The van der Waals surface area contributed by atoms with Crippen LogP contribution in [-0.4, -0.2) is 25.5 Å². The van der Waals surface area contributed by atoms with Gasteiger partial charge in [-0.3, -0.25) is 9.59 Å². The minimum atomic E-state index is -0.782. The van der Waals surface area contributed by atoms with E-state index in [2.05, 4.69) is 10.6 Å². The Morgan fingerprint density at radius 1 is 1.07 bits per heavy atom. The molecular formula is C20H19FN2O4. The second kappa shape index (κ2) is 8.46. The highest BCUT2D eigenvalue weighted by Gasteiger charge is 2.19. The lowest BCUT2D eigenvalue weighted by atomic mass is 10.2. The number of hydrogen-bond donors (Lipinski definition) is 2. The minimum absolute atomic E-state index is 0.0825. The zero-order chi connectivity index (χ0) is 19.2. The fourth-order valence-electron chi connectivity index (χ4n) is 2.59. The molecule has 0 saturated heterocycles. The maximum absolute atomic E-state index is 12.9. The van der Waals surface area contributed by atoms with Gasteiger partial charge >= 0.3 is 11.8 Å². The van der Waals surface area contributed by atoms with Gasteiger partial charge in [-0.05, 0) is 29.8 Å². The number of fused-ring (bicyclic) bond motifs is 1. The van der Waals surface area contributed by atoms with E-state index in [1.807, 2.05) is 30.3 Å². The zero-order valence-corrected chi connectivity index (χ0v) is 14.7. The number of halogens is 1. The van der Waals surface area contributed by atoms with Gasteiger partial charge < -0.3 is 19.8 Å². The summed E-state index contributed by atoms with van der Waals surface area (Å²) in [6.07, 6.45) is -0.522. The van der Waals surface area contributed by atoms with Crippen molar-refractivity contribution >= 4 is 22.8 Å². The molecule has 6 nitrogen and oxygen atoms in total. The van der Waals surface area contributed by atoms with E-state index in [0.717, 1.165) is 11.0 Å². The summed E-state index contributed by atoms with van der Waals surface area (Å²) in [7, 11) is 1.50. The van der Waals surface area contributed by atoms with Gasteiger partial charge in [0.15, 0.2) is 0 Å². The summed E-state index contributed by atoms with van der Waals surface area (Å²) in [6.45, 7) is 0.211. The van der Waals surface area contributed by atoms with E-state index >= 15 is 0 Å². The summed E-state index contributed by atoms with van der Waals surface area (Å²) < 4.78 is 23.9. The van der Waals surface area contributed by atoms with Crippen LogP contribution in [0.5, 0.6) is 0 Å². The molecule has 2 aromatic carbocycles. The van der Waals surface area contributed by atoms with E-state index in [9.17, 15) is 14.0 Å². The van der Waals surface area contributed by atoms with Crippen molar-refractivity contribution < 1.29 is 23.1 Å². The molecule has 2 amide bonds. The maximum atomic E-state index is 12.9. The first-order valence-corrected chi connectivity index (χ1v) is 8.38. The van der Waals surface area contributed by atoms with Crippen molar-refractivity contribution in [3.63, 3.8) is 0 Å². The van der Waals surface area contributed by atoms with E-state index in [4.69, 9.17) is 9.15 Å². The summed E-state index contributed by atoms with van der Waals surface area (Å²) in [5.74, 6) is -1.36. The summed E-state index contributed by atoms with van der Waals surface area (Å²) in [6, 6.07) is 15.0. The maximum Gasteiger partial charge on any atom is 0.309 e. The monoisotopic (exact) mass is 370 g/mol. The molecule has 3 aromatic rings.